The maximum absolute atomic E-state index is 11.8. The van der Waals surface area contributed by atoms with Crippen molar-refractivity contribution in [3.63, 3.8) is 0 Å². The lowest BCUT2D eigenvalue weighted by Gasteiger charge is -2.23. The van der Waals surface area contributed by atoms with Gasteiger partial charge in [-0.05, 0) is 12.1 Å². The first kappa shape index (κ1) is 17.1. The summed E-state index contributed by atoms with van der Waals surface area (Å²) in [5, 5.41) is 7.30. The van der Waals surface area contributed by atoms with Crippen molar-refractivity contribution in [2.45, 2.75) is 18.9 Å². The molecular formula is C15H20ClN3O2S. The molecular weight excluding hydrogens is 322 g/mol. The molecule has 3 rings (SSSR count). The van der Waals surface area contributed by atoms with E-state index >= 15 is 0 Å². The number of benzene rings is 1. The molecule has 1 atom stereocenters. The Bertz CT molecular complexity index is 581. The number of hydrogen-bond donors (Lipinski definition) is 2. The lowest BCUT2D eigenvalue weighted by molar-refractivity contribution is -0.122. The molecule has 1 aliphatic heterocycles. The van der Waals surface area contributed by atoms with Crippen LogP contribution in [0.4, 0.5) is 0 Å². The number of ether oxygens (including phenoxy) is 1. The van der Waals surface area contributed by atoms with E-state index in [1.807, 2.05) is 18.2 Å². The summed E-state index contributed by atoms with van der Waals surface area (Å²) >= 11 is 1.69. The van der Waals surface area contributed by atoms with Crippen LogP contribution < -0.4 is 10.6 Å². The van der Waals surface area contributed by atoms with Crippen LogP contribution in [0.2, 0.25) is 0 Å². The van der Waals surface area contributed by atoms with Crippen molar-refractivity contribution in [3.8, 4) is 0 Å². The number of halogens is 1. The highest BCUT2D eigenvalue weighted by Gasteiger charge is 2.16. The molecule has 2 N–H and O–H groups in total. The first-order chi connectivity index (χ1) is 10.3. The lowest BCUT2D eigenvalue weighted by atomic mass is 10.2. The fraction of sp³-hybridized carbons (Fsp3) is 0.467. The van der Waals surface area contributed by atoms with Crippen molar-refractivity contribution in [1.82, 2.24) is 15.6 Å². The van der Waals surface area contributed by atoms with Crippen LogP contribution in [-0.2, 0) is 16.0 Å². The van der Waals surface area contributed by atoms with Crippen LogP contribution in [0.15, 0.2) is 24.3 Å². The van der Waals surface area contributed by atoms with Gasteiger partial charge in [0.25, 0.3) is 0 Å². The molecule has 1 saturated heterocycles. The number of para-hydroxylation sites is 1. The van der Waals surface area contributed by atoms with Crippen LogP contribution in [0.3, 0.4) is 0 Å². The molecule has 120 valence electrons. The predicted octanol–water partition coefficient (Wildman–Crippen LogP) is 1.76. The Morgan fingerprint density at radius 1 is 1.45 bits per heavy atom. The van der Waals surface area contributed by atoms with Gasteiger partial charge in [-0.3, -0.25) is 4.79 Å². The highest BCUT2D eigenvalue weighted by atomic mass is 35.5. The largest absolute Gasteiger partial charge is 0.378 e. The lowest BCUT2D eigenvalue weighted by Crippen LogP contribution is -2.44. The minimum absolute atomic E-state index is 0. The summed E-state index contributed by atoms with van der Waals surface area (Å²) in [6.07, 6.45) is 1.25. The Hall–Kier alpha value is -1.21. The van der Waals surface area contributed by atoms with Gasteiger partial charge in [0.1, 0.15) is 0 Å². The smallest absolute Gasteiger partial charge is 0.221 e. The summed E-state index contributed by atoms with van der Waals surface area (Å²) in [4.78, 5) is 16.4. The van der Waals surface area contributed by atoms with Crippen molar-refractivity contribution in [2.24, 2.45) is 0 Å². The van der Waals surface area contributed by atoms with Crippen molar-refractivity contribution >= 4 is 39.9 Å². The summed E-state index contributed by atoms with van der Waals surface area (Å²) in [5.74, 6) is 0.0686. The van der Waals surface area contributed by atoms with Gasteiger partial charge in [-0.15, -0.1) is 23.7 Å². The second-order valence-electron chi connectivity index (χ2n) is 5.11. The van der Waals surface area contributed by atoms with Crippen molar-refractivity contribution in [2.75, 3.05) is 26.3 Å². The van der Waals surface area contributed by atoms with Gasteiger partial charge in [0.2, 0.25) is 5.91 Å². The van der Waals surface area contributed by atoms with E-state index in [1.165, 1.54) is 4.70 Å². The van der Waals surface area contributed by atoms with E-state index in [2.05, 4.69) is 21.7 Å². The number of hydrogen-bond acceptors (Lipinski definition) is 5. The Labute approximate surface area is 139 Å². The molecule has 0 radical (unpaired) electrons. The van der Waals surface area contributed by atoms with Gasteiger partial charge in [-0.25, -0.2) is 4.98 Å². The Morgan fingerprint density at radius 3 is 3.09 bits per heavy atom. The second kappa shape index (κ2) is 8.43. The van der Waals surface area contributed by atoms with E-state index in [-0.39, 0.29) is 24.4 Å². The summed E-state index contributed by atoms with van der Waals surface area (Å²) in [6.45, 7) is 2.80. The highest BCUT2D eigenvalue weighted by Crippen LogP contribution is 2.21. The second-order valence-corrected chi connectivity index (χ2v) is 6.22. The number of carbonyl (C=O) groups excluding carboxylic acids is 1. The van der Waals surface area contributed by atoms with E-state index in [0.29, 0.717) is 19.6 Å². The molecule has 22 heavy (non-hydrogen) atoms. The number of nitrogens with one attached hydrogen (secondary N) is 2. The third-order valence-electron chi connectivity index (χ3n) is 3.43. The van der Waals surface area contributed by atoms with Crippen LogP contribution in [0.5, 0.6) is 0 Å². The zero-order valence-corrected chi connectivity index (χ0v) is 13.8. The Morgan fingerprint density at radius 2 is 2.32 bits per heavy atom. The summed E-state index contributed by atoms with van der Waals surface area (Å²) < 4.78 is 6.54. The molecule has 2 aromatic rings. The molecule has 1 amide bonds. The molecule has 1 aromatic heterocycles. The van der Waals surface area contributed by atoms with Gasteiger partial charge >= 0.3 is 0 Å². The minimum Gasteiger partial charge on any atom is -0.378 e. The molecule has 0 saturated carbocycles. The quantitative estimate of drug-likeness (QED) is 0.869. The van der Waals surface area contributed by atoms with Gasteiger partial charge in [0.05, 0.1) is 28.4 Å². The first-order valence-corrected chi connectivity index (χ1v) is 8.05. The molecule has 1 unspecified atom stereocenters. The van der Waals surface area contributed by atoms with E-state index in [1.54, 1.807) is 11.3 Å². The normalized spacial score (nSPS) is 17.9. The molecule has 1 fully saturated rings. The van der Waals surface area contributed by atoms with Crippen molar-refractivity contribution in [1.29, 1.82) is 0 Å². The third kappa shape index (κ3) is 4.64. The fourth-order valence-corrected chi connectivity index (χ4v) is 3.35. The first-order valence-electron chi connectivity index (χ1n) is 7.23. The number of aromatic nitrogens is 1. The zero-order chi connectivity index (χ0) is 14.5. The fourth-order valence-electron chi connectivity index (χ4n) is 2.38. The summed E-state index contributed by atoms with van der Waals surface area (Å²) in [6, 6.07) is 8.24. The maximum Gasteiger partial charge on any atom is 0.221 e. The monoisotopic (exact) mass is 341 g/mol. The summed E-state index contributed by atoms with van der Waals surface area (Å²) in [7, 11) is 0. The molecule has 7 heteroatoms. The van der Waals surface area contributed by atoms with Gasteiger partial charge in [-0.2, -0.15) is 0 Å². The Kier molecular flexibility index (Phi) is 6.57. The number of nitrogens with zero attached hydrogens (tertiary/aromatic N) is 1. The van der Waals surface area contributed by atoms with E-state index in [0.717, 1.165) is 30.1 Å². The van der Waals surface area contributed by atoms with Crippen molar-refractivity contribution in [3.05, 3.63) is 29.3 Å². The number of carbonyl (C=O) groups is 1. The predicted molar refractivity (Wildman–Crippen MR) is 90.8 cm³/mol. The third-order valence-corrected chi connectivity index (χ3v) is 4.53. The average molecular weight is 342 g/mol. The van der Waals surface area contributed by atoms with E-state index < -0.39 is 0 Å². The topological polar surface area (TPSA) is 63.2 Å². The Balaban J connectivity index is 0.00000176. The van der Waals surface area contributed by atoms with Gasteiger partial charge in [0.15, 0.2) is 0 Å². The minimum atomic E-state index is 0. The number of fused-ring (bicyclic) bond motifs is 1. The van der Waals surface area contributed by atoms with Gasteiger partial charge in [0, 0.05) is 32.0 Å². The van der Waals surface area contributed by atoms with Gasteiger partial charge < -0.3 is 15.4 Å². The highest BCUT2D eigenvalue weighted by molar-refractivity contribution is 7.18. The van der Waals surface area contributed by atoms with Gasteiger partial charge in [-0.1, -0.05) is 12.1 Å². The number of morpholine rings is 1. The molecule has 0 bridgehead atoms. The molecule has 0 aliphatic carbocycles. The van der Waals surface area contributed by atoms with Crippen LogP contribution in [0.1, 0.15) is 11.4 Å². The zero-order valence-electron chi connectivity index (χ0n) is 12.2. The van der Waals surface area contributed by atoms with Crippen LogP contribution in [0.25, 0.3) is 10.2 Å². The van der Waals surface area contributed by atoms with Crippen molar-refractivity contribution < 1.29 is 9.53 Å². The molecule has 5 nitrogen and oxygen atoms in total. The SMILES string of the molecule is Cl.O=C(CC1COCCN1)NCCc1nc2ccccc2s1. The van der Waals surface area contributed by atoms with E-state index in [9.17, 15) is 4.79 Å². The van der Waals surface area contributed by atoms with Crippen LogP contribution >= 0.6 is 23.7 Å². The average Bonchev–Trinajstić information content (AvgIpc) is 2.91. The molecule has 2 heterocycles. The van der Waals surface area contributed by atoms with E-state index in [4.69, 9.17) is 4.74 Å². The number of rotatable bonds is 5. The van der Waals surface area contributed by atoms with Crippen LogP contribution in [0, 0.1) is 0 Å². The number of thiazole rings is 1. The standard InChI is InChI=1S/C15H19N3O2S.ClH/c19-14(9-11-10-20-8-7-16-11)17-6-5-15-18-12-3-1-2-4-13(12)21-15;/h1-4,11,16H,5-10H2,(H,17,19);1H. The summed E-state index contributed by atoms with van der Waals surface area (Å²) in [5.41, 5.74) is 1.03. The maximum atomic E-state index is 11.8. The molecule has 0 spiro atoms. The van der Waals surface area contributed by atoms with Crippen LogP contribution in [-0.4, -0.2) is 43.2 Å². The molecule has 1 aliphatic rings. The molecule has 1 aromatic carbocycles. The number of amides is 1.